The van der Waals surface area contributed by atoms with E-state index < -0.39 is 11.7 Å². The number of hydrogen-bond acceptors (Lipinski definition) is 5. The number of aryl methyl sites for hydroxylation is 1. The minimum Gasteiger partial charge on any atom is -0.493 e. The molecule has 4 rings (SSSR count). The van der Waals surface area contributed by atoms with Crippen LogP contribution in [-0.2, 0) is 6.42 Å². The van der Waals surface area contributed by atoms with E-state index in [1.54, 1.807) is 5.38 Å². The fourth-order valence-corrected chi connectivity index (χ4v) is 3.58. The summed E-state index contributed by atoms with van der Waals surface area (Å²) in [6, 6.07) is 11.9. The molecule has 0 aliphatic rings. The summed E-state index contributed by atoms with van der Waals surface area (Å²) in [5.41, 5.74) is 2.77. The van der Waals surface area contributed by atoms with Crippen LogP contribution >= 0.6 is 11.3 Å². The fraction of sp³-hybridized carbons (Fsp3) is 0.100. The summed E-state index contributed by atoms with van der Waals surface area (Å²) in [5, 5.41) is 20.2. The molecular formula is C20H15FN4O2S. The summed E-state index contributed by atoms with van der Waals surface area (Å²) >= 11 is 1.34. The summed E-state index contributed by atoms with van der Waals surface area (Å²) in [6.45, 7) is 2.09. The number of carbonyl (C=O) groups is 1. The highest BCUT2D eigenvalue weighted by molar-refractivity contribution is 7.13. The quantitative estimate of drug-likeness (QED) is 0.440. The average Bonchev–Trinajstić information content (AvgIpc) is 3.30. The maximum atomic E-state index is 13.3. The number of nitrogens with zero attached hydrogens (tertiary/aromatic N) is 3. The molecule has 2 aromatic carbocycles. The van der Waals surface area contributed by atoms with Crippen LogP contribution in [0.25, 0.3) is 21.5 Å². The summed E-state index contributed by atoms with van der Waals surface area (Å²) in [4.78, 5) is 19.2. The van der Waals surface area contributed by atoms with E-state index in [1.807, 2.05) is 24.3 Å². The van der Waals surface area contributed by atoms with Gasteiger partial charge >= 0.3 is 5.91 Å². The molecule has 0 bridgehead atoms. The molecule has 0 spiro atoms. The lowest BCUT2D eigenvalue weighted by Gasteiger charge is -1.98. The van der Waals surface area contributed by atoms with Gasteiger partial charge in [0.25, 0.3) is 0 Å². The monoisotopic (exact) mass is 394 g/mol. The molecule has 0 radical (unpaired) electrons. The number of halogens is 1. The van der Waals surface area contributed by atoms with Gasteiger partial charge in [-0.15, -0.1) is 21.6 Å². The minimum absolute atomic E-state index is 0.0777. The van der Waals surface area contributed by atoms with Gasteiger partial charge in [-0.2, -0.15) is 0 Å². The van der Waals surface area contributed by atoms with Crippen molar-refractivity contribution in [3.63, 3.8) is 0 Å². The van der Waals surface area contributed by atoms with Crippen LogP contribution in [0.1, 0.15) is 23.0 Å². The minimum atomic E-state index is -0.622. The molecule has 1 amide bonds. The van der Waals surface area contributed by atoms with Gasteiger partial charge in [0, 0.05) is 16.3 Å². The van der Waals surface area contributed by atoms with Crippen molar-refractivity contribution in [2.24, 2.45) is 10.2 Å². The first-order chi connectivity index (χ1) is 13.5. The summed E-state index contributed by atoms with van der Waals surface area (Å²) in [7, 11) is 0. The second-order valence-corrected chi connectivity index (χ2v) is 6.96. The van der Waals surface area contributed by atoms with Gasteiger partial charge in [0.05, 0.1) is 5.52 Å². The summed E-state index contributed by atoms with van der Waals surface area (Å²) < 4.78 is 13.3. The topological polar surface area (TPSA) is 90.7 Å². The van der Waals surface area contributed by atoms with Crippen LogP contribution < -0.4 is 0 Å². The van der Waals surface area contributed by atoms with Gasteiger partial charge in [-0.3, -0.25) is 4.79 Å². The maximum Gasteiger partial charge on any atom is 0.314 e. The highest BCUT2D eigenvalue weighted by atomic mass is 32.1. The number of aromatic nitrogens is 2. The number of aromatic hydroxyl groups is 1. The SMILES string of the molecule is CCc1ccc(-c2nc(C(=O)N=Nc3c(O)[nH]c4cc(F)ccc34)cs2)cc1. The van der Waals surface area contributed by atoms with E-state index in [4.69, 9.17) is 0 Å². The van der Waals surface area contributed by atoms with Crippen LogP contribution in [0.2, 0.25) is 0 Å². The summed E-state index contributed by atoms with van der Waals surface area (Å²) in [6.07, 6.45) is 0.954. The fourth-order valence-electron chi connectivity index (χ4n) is 2.78. The Morgan fingerprint density at radius 3 is 2.79 bits per heavy atom. The lowest BCUT2D eigenvalue weighted by molar-refractivity contribution is 0.0991. The molecule has 0 atom stereocenters. The molecule has 2 heterocycles. The molecule has 0 saturated heterocycles. The molecule has 2 aromatic heterocycles. The number of thiazole rings is 1. The smallest absolute Gasteiger partial charge is 0.314 e. The van der Waals surface area contributed by atoms with Crippen molar-refractivity contribution in [2.45, 2.75) is 13.3 Å². The third-order valence-corrected chi connectivity index (χ3v) is 5.18. The molecular weight excluding hydrogens is 379 g/mol. The molecule has 28 heavy (non-hydrogen) atoms. The Kier molecular flexibility index (Phi) is 4.70. The van der Waals surface area contributed by atoms with Crippen LogP contribution in [0.5, 0.6) is 5.88 Å². The standard InChI is InChI=1S/C20H15FN4O2S/c1-2-11-3-5-12(6-4-11)20-23-16(10-28-20)18(26)25-24-17-14-8-7-13(21)9-15(14)22-19(17)27/h3-10,22,27H,2H2,1H3. The molecule has 2 N–H and O–H groups in total. The first kappa shape index (κ1) is 18.0. The van der Waals surface area contributed by atoms with E-state index in [9.17, 15) is 14.3 Å². The van der Waals surface area contributed by atoms with Crippen LogP contribution in [0, 0.1) is 5.82 Å². The number of benzene rings is 2. The zero-order valence-electron chi connectivity index (χ0n) is 14.8. The van der Waals surface area contributed by atoms with Crippen LogP contribution in [0.15, 0.2) is 58.1 Å². The van der Waals surface area contributed by atoms with Crippen molar-refractivity contribution in [1.82, 2.24) is 9.97 Å². The number of rotatable bonds is 4. The number of nitrogens with one attached hydrogen (secondary N) is 1. The van der Waals surface area contributed by atoms with E-state index in [0.717, 1.165) is 12.0 Å². The van der Waals surface area contributed by atoms with Crippen molar-refractivity contribution in [3.8, 4) is 16.5 Å². The van der Waals surface area contributed by atoms with E-state index in [1.165, 1.54) is 35.1 Å². The molecule has 0 fully saturated rings. The second-order valence-electron chi connectivity index (χ2n) is 6.11. The first-order valence-corrected chi connectivity index (χ1v) is 9.44. The molecule has 8 heteroatoms. The Morgan fingerprint density at radius 1 is 1.25 bits per heavy atom. The number of carbonyl (C=O) groups excluding carboxylic acids is 1. The van der Waals surface area contributed by atoms with Gasteiger partial charge in [0.2, 0.25) is 5.88 Å². The Balaban J connectivity index is 1.57. The molecule has 0 aliphatic carbocycles. The Labute approximate surface area is 163 Å². The summed E-state index contributed by atoms with van der Waals surface area (Å²) in [5.74, 6) is -1.36. The average molecular weight is 394 g/mol. The van der Waals surface area contributed by atoms with Gasteiger partial charge in [-0.25, -0.2) is 9.37 Å². The second kappa shape index (κ2) is 7.32. The van der Waals surface area contributed by atoms with Gasteiger partial charge in [0.15, 0.2) is 5.69 Å². The molecule has 0 unspecified atom stereocenters. The van der Waals surface area contributed by atoms with Gasteiger partial charge in [0.1, 0.15) is 16.5 Å². The van der Waals surface area contributed by atoms with E-state index in [-0.39, 0.29) is 17.3 Å². The van der Waals surface area contributed by atoms with Crippen LogP contribution in [-0.4, -0.2) is 21.0 Å². The van der Waals surface area contributed by atoms with Gasteiger partial charge in [-0.05, 0) is 30.2 Å². The number of aromatic amines is 1. The van der Waals surface area contributed by atoms with Crippen molar-refractivity contribution >= 4 is 33.8 Å². The van der Waals surface area contributed by atoms with E-state index >= 15 is 0 Å². The Morgan fingerprint density at radius 2 is 2.04 bits per heavy atom. The maximum absolute atomic E-state index is 13.3. The number of fused-ring (bicyclic) bond motifs is 1. The lowest BCUT2D eigenvalue weighted by atomic mass is 10.1. The number of hydrogen-bond donors (Lipinski definition) is 2. The van der Waals surface area contributed by atoms with Crippen LogP contribution in [0.4, 0.5) is 10.1 Å². The van der Waals surface area contributed by atoms with Crippen LogP contribution in [0.3, 0.4) is 0 Å². The number of H-pyrrole nitrogens is 1. The third kappa shape index (κ3) is 3.41. The predicted octanol–water partition coefficient (Wildman–Crippen LogP) is 5.62. The first-order valence-electron chi connectivity index (χ1n) is 8.56. The van der Waals surface area contributed by atoms with Crippen molar-refractivity contribution in [3.05, 3.63) is 64.9 Å². The highest BCUT2D eigenvalue weighted by Crippen LogP contribution is 2.35. The Hall–Kier alpha value is -3.39. The molecule has 4 aromatic rings. The van der Waals surface area contributed by atoms with Gasteiger partial charge in [-0.1, -0.05) is 31.2 Å². The number of amides is 1. The molecule has 6 nitrogen and oxygen atoms in total. The number of azo groups is 1. The third-order valence-electron chi connectivity index (χ3n) is 4.29. The highest BCUT2D eigenvalue weighted by Gasteiger charge is 2.14. The van der Waals surface area contributed by atoms with Gasteiger partial charge < -0.3 is 10.1 Å². The zero-order chi connectivity index (χ0) is 19.7. The van der Waals surface area contributed by atoms with E-state index in [0.29, 0.717) is 15.9 Å². The Bertz CT molecular complexity index is 1190. The molecule has 0 saturated carbocycles. The van der Waals surface area contributed by atoms with Crippen molar-refractivity contribution < 1.29 is 14.3 Å². The molecule has 0 aliphatic heterocycles. The lowest BCUT2D eigenvalue weighted by Crippen LogP contribution is -1.93. The normalized spacial score (nSPS) is 11.5. The van der Waals surface area contributed by atoms with Crippen molar-refractivity contribution in [2.75, 3.05) is 0 Å². The van der Waals surface area contributed by atoms with Crippen molar-refractivity contribution in [1.29, 1.82) is 0 Å². The predicted molar refractivity (Wildman–Crippen MR) is 106 cm³/mol. The van der Waals surface area contributed by atoms with E-state index in [2.05, 4.69) is 27.1 Å². The molecule has 140 valence electrons. The largest absolute Gasteiger partial charge is 0.493 e. The zero-order valence-corrected chi connectivity index (χ0v) is 15.6.